The van der Waals surface area contributed by atoms with Crippen molar-refractivity contribution in [3.8, 4) is 0 Å². The van der Waals surface area contributed by atoms with Crippen LogP contribution in [0.2, 0.25) is 0 Å². The summed E-state index contributed by atoms with van der Waals surface area (Å²) >= 11 is 0. The highest BCUT2D eigenvalue weighted by molar-refractivity contribution is 5.94. The normalized spacial score (nSPS) is 17.7. The van der Waals surface area contributed by atoms with Crippen LogP contribution < -0.4 is 0 Å². The van der Waals surface area contributed by atoms with Gasteiger partial charge in [-0.25, -0.2) is 0 Å². The number of Topliss-reactive ketones (excluding diaryl/α,β-unsaturated/α-hetero) is 1. The van der Waals surface area contributed by atoms with E-state index in [0.717, 1.165) is 31.6 Å². The third kappa shape index (κ3) is 21.1. The molecule has 1 rings (SSSR count). The molecule has 0 unspecified atom stereocenters. The summed E-state index contributed by atoms with van der Waals surface area (Å²) in [6.07, 6.45) is 6.61. The molecule has 0 aromatic rings. The largest absolute Gasteiger partial charge is 0.466 e. The van der Waals surface area contributed by atoms with Gasteiger partial charge in [-0.15, -0.1) is 0 Å². The van der Waals surface area contributed by atoms with Crippen LogP contribution in [0.1, 0.15) is 100 Å². The van der Waals surface area contributed by atoms with Crippen LogP contribution in [0.3, 0.4) is 0 Å². The van der Waals surface area contributed by atoms with E-state index < -0.39 is 5.97 Å². The summed E-state index contributed by atoms with van der Waals surface area (Å²) in [5.41, 5.74) is 0.404. The van der Waals surface area contributed by atoms with Crippen LogP contribution in [-0.4, -0.2) is 43.0 Å². The van der Waals surface area contributed by atoms with Crippen LogP contribution in [0, 0.1) is 11.3 Å². The Balaban J connectivity index is 0. The first kappa shape index (κ1) is 31.3. The second-order valence-electron chi connectivity index (χ2n) is 8.83. The van der Waals surface area contributed by atoms with E-state index in [-0.39, 0.29) is 30.2 Å². The maximum Gasteiger partial charge on any atom is 0.313 e. The predicted molar refractivity (Wildman–Crippen MR) is 120 cm³/mol. The number of hydrogen-bond donors (Lipinski definition) is 0. The molecular weight excluding hydrogens is 400 g/mol. The second-order valence-corrected chi connectivity index (χ2v) is 8.83. The van der Waals surface area contributed by atoms with Gasteiger partial charge in [0.05, 0.1) is 13.2 Å². The van der Waals surface area contributed by atoms with Crippen molar-refractivity contribution in [2.45, 2.75) is 106 Å². The number of carbonyl (C=O) groups excluding carboxylic acids is 4. The Hall–Kier alpha value is -1.92. The molecule has 1 aliphatic rings. The molecule has 0 amide bonds. The highest BCUT2D eigenvalue weighted by Gasteiger charge is 2.30. The van der Waals surface area contributed by atoms with Crippen LogP contribution in [0.4, 0.5) is 0 Å². The maximum absolute atomic E-state index is 10.8. The minimum atomic E-state index is -0.440. The summed E-state index contributed by atoms with van der Waals surface area (Å²) < 4.78 is 14.3. The minimum absolute atomic E-state index is 0.103. The molecule has 1 saturated carbocycles. The first-order valence-corrected chi connectivity index (χ1v) is 11.3. The predicted octanol–water partition coefficient (Wildman–Crippen LogP) is 5.03. The Morgan fingerprint density at radius 1 is 0.839 bits per heavy atom. The average Bonchev–Trinajstić information content (AvgIpc) is 2.61. The average molecular weight is 445 g/mol. The Morgan fingerprint density at radius 2 is 1.39 bits per heavy atom. The summed E-state index contributed by atoms with van der Waals surface area (Å²) in [5.74, 6) is -0.129. The third-order valence-corrected chi connectivity index (χ3v) is 4.73. The molecule has 0 radical (unpaired) electrons. The van der Waals surface area contributed by atoms with Gasteiger partial charge < -0.3 is 14.2 Å². The molecule has 0 atom stereocenters. The van der Waals surface area contributed by atoms with Gasteiger partial charge in [-0.1, -0.05) is 34.1 Å². The number of unbranched alkanes of at least 4 members (excludes halogenated alkanes) is 1. The molecule has 0 N–H and O–H groups in total. The van der Waals surface area contributed by atoms with E-state index in [1.807, 2.05) is 0 Å². The van der Waals surface area contributed by atoms with Gasteiger partial charge in [-0.2, -0.15) is 0 Å². The molecular formula is C24H44O7. The maximum atomic E-state index is 10.8. The van der Waals surface area contributed by atoms with E-state index >= 15 is 0 Å². The molecule has 182 valence electrons. The molecule has 0 aromatic carbocycles. The third-order valence-electron chi connectivity index (χ3n) is 4.73. The van der Waals surface area contributed by atoms with E-state index in [9.17, 15) is 19.2 Å². The smallest absolute Gasteiger partial charge is 0.313 e. The summed E-state index contributed by atoms with van der Waals surface area (Å²) in [7, 11) is 0. The molecule has 1 aliphatic carbocycles. The lowest BCUT2D eigenvalue weighted by Crippen LogP contribution is -2.29. The SMILES string of the molecule is CC(=O)OC1CCC(C(C)(C)C)CC1.CCCCOC(C)=O.CCOC(=O)CC(C)=O. The zero-order valence-electron chi connectivity index (χ0n) is 20.9. The highest BCUT2D eigenvalue weighted by atomic mass is 16.5. The Kier molecular flexibility index (Phi) is 17.9. The molecule has 0 bridgehead atoms. The van der Waals surface area contributed by atoms with Gasteiger partial charge in [-0.05, 0) is 57.3 Å². The highest BCUT2D eigenvalue weighted by Crippen LogP contribution is 2.38. The number of ether oxygens (including phenoxy) is 3. The number of esters is 3. The van der Waals surface area contributed by atoms with Crippen molar-refractivity contribution in [2.75, 3.05) is 13.2 Å². The van der Waals surface area contributed by atoms with Crippen molar-refractivity contribution in [3.63, 3.8) is 0 Å². The number of rotatable bonds is 7. The van der Waals surface area contributed by atoms with Crippen LogP contribution in [0.5, 0.6) is 0 Å². The lowest BCUT2D eigenvalue weighted by molar-refractivity contribution is -0.149. The first-order valence-electron chi connectivity index (χ1n) is 11.3. The number of ketones is 1. The van der Waals surface area contributed by atoms with Crippen molar-refractivity contribution in [1.29, 1.82) is 0 Å². The number of carbonyl (C=O) groups is 4. The molecule has 0 spiro atoms. The van der Waals surface area contributed by atoms with Gasteiger partial charge in [0.2, 0.25) is 0 Å². The van der Waals surface area contributed by atoms with Crippen LogP contribution in [0.15, 0.2) is 0 Å². The Labute approximate surface area is 188 Å². The molecule has 0 aromatic heterocycles. The van der Waals surface area contributed by atoms with Crippen molar-refractivity contribution in [3.05, 3.63) is 0 Å². The topological polar surface area (TPSA) is 96.0 Å². The van der Waals surface area contributed by atoms with Gasteiger partial charge in [0.25, 0.3) is 0 Å². The fourth-order valence-electron chi connectivity index (χ4n) is 3.06. The zero-order valence-corrected chi connectivity index (χ0v) is 20.9. The fraction of sp³-hybridized carbons (Fsp3) is 0.833. The summed E-state index contributed by atoms with van der Waals surface area (Å²) in [6.45, 7) is 15.8. The molecule has 1 fully saturated rings. The van der Waals surface area contributed by atoms with Crippen molar-refractivity contribution >= 4 is 23.7 Å². The van der Waals surface area contributed by atoms with Gasteiger partial charge in [0.15, 0.2) is 0 Å². The minimum Gasteiger partial charge on any atom is -0.466 e. The van der Waals surface area contributed by atoms with Gasteiger partial charge in [0, 0.05) is 13.8 Å². The summed E-state index contributed by atoms with van der Waals surface area (Å²) in [4.78, 5) is 41.5. The second kappa shape index (κ2) is 17.7. The monoisotopic (exact) mass is 444 g/mol. The lowest BCUT2D eigenvalue weighted by Gasteiger charge is -2.36. The van der Waals surface area contributed by atoms with Crippen molar-refractivity contribution < 1.29 is 33.4 Å². The molecule has 7 heteroatoms. The zero-order chi connectivity index (χ0) is 24.4. The Morgan fingerprint density at radius 3 is 1.74 bits per heavy atom. The molecule has 0 saturated heterocycles. The van der Waals surface area contributed by atoms with Crippen molar-refractivity contribution in [1.82, 2.24) is 0 Å². The molecule has 31 heavy (non-hydrogen) atoms. The fourth-order valence-corrected chi connectivity index (χ4v) is 3.06. The van der Waals surface area contributed by atoms with E-state index in [1.54, 1.807) is 6.92 Å². The summed E-state index contributed by atoms with van der Waals surface area (Å²) in [6, 6.07) is 0. The van der Waals surface area contributed by atoms with E-state index in [1.165, 1.54) is 33.6 Å². The summed E-state index contributed by atoms with van der Waals surface area (Å²) in [5, 5.41) is 0. The van der Waals surface area contributed by atoms with E-state index in [4.69, 9.17) is 4.74 Å². The van der Waals surface area contributed by atoms with Crippen LogP contribution in [-0.2, 0) is 33.4 Å². The van der Waals surface area contributed by atoms with Crippen LogP contribution >= 0.6 is 0 Å². The lowest BCUT2D eigenvalue weighted by atomic mass is 9.72. The molecule has 0 aliphatic heterocycles. The van der Waals surface area contributed by atoms with E-state index in [2.05, 4.69) is 37.2 Å². The Bertz CT molecular complexity index is 527. The van der Waals surface area contributed by atoms with Crippen LogP contribution in [0.25, 0.3) is 0 Å². The van der Waals surface area contributed by atoms with E-state index in [0.29, 0.717) is 18.6 Å². The van der Waals surface area contributed by atoms with Gasteiger partial charge >= 0.3 is 17.9 Å². The standard InChI is InChI=1S/C12H22O2.C6H10O3.C6H12O2/c1-9(13)14-11-7-5-10(6-8-11)12(2,3)4;1-3-9-6(8)4-5(2)7;1-3-4-5-8-6(2)7/h10-11H,5-8H2,1-4H3;3-4H2,1-2H3;3-5H2,1-2H3. The molecule has 0 heterocycles. The van der Waals surface area contributed by atoms with Gasteiger partial charge in [0.1, 0.15) is 18.3 Å². The quantitative estimate of drug-likeness (QED) is 0.235. The van der Waals surface area contributed by atoms with Gasteiger partial charge in [-0.3, -0.25) is 19.2 Å². The van der Waals surface area contributed by atoms with Crippen molar-refractivity contribution in [2.24, 2.45) is 11.3 Å². The first-order chi connectivity index (χ1) is 14.3. The number of hydrogen-bond acceptors (Lipinski definition) is 7. The molecule has 7 nitrogen and oxygen atoms in total.